The van der Waals surface area contributed by atoms with Crippen molar-refractivity contribution in [3.63, 3.8) is 0 Å². The number of piperidine rings is 1. The van der Waals surface area contributed by atoms with E-state index < -0.39 is 5.97 Å². The van der Waals surface area contributed by atoms with E-state index in [0.717, 1.165) is 25.0 Å². The molecule has 0 saturated carbocycles. The Morgan fingerprint density at radius 2 is 1.87 bits per heavy atom. The number of aromatic nitrogens is 1. The summed E-state index contributed by atoms with van der Waals surface area (Å²) in [6, 6.07) is 13.0. The fraction of sp³-hybridized carbons (Fsp3) is 0.375. The standard InChI is InChI=1S/C24H26N2O4/c1-15-7-6-8-16(2)26(15)23(27)14-29-24(28)19-13-21(22-12-11-17(3)30-22)25-20-10-5-4-9-18(19)20/h4-5,9-13,15-16H,6-8,14H2,1-3H3. The lowest BCUT2D eigenvalue weighted by Gasteiger charge is -2.38. The van der Waals surface area contributed by atoms with E-state index in [0.29, 0.717) is 27.9 Å². The molecule has 2 unspecified atom stereocenters. The number of carbonyl (C=O) groups excluding carboxylic acids is 2. The Bertz CT molecular complexity index is 1080. The quantitative estimate of drug-likeness (QED) is 0.585. The lowest BCUT2D eigenvalue weighted by Crippen LogP contribution is -2.49. The predicted molar refractivity (Wildman–Crippen MR) is 114 cm³/mol. The molecular weight excluding hydrogens is 380 g/mol. The van der Waals surface area contributed by atoms with Crippen molar-refractivity contribution in [2.45, 2.75) is 52.1 Å². The third-order valence-corrected chi connectivity index (χ3v) is 5.74. The maximum Gasteiger partial charge on any atom is 0.339 e. The maximum absolute atomic E-state index is 12.9. The number of benzene rings is 1. The van der Waals surface area contributed by atoms with E-state index in [4.69, 9.17) is 9.15 Å². The highest BCUT2D eigenvalue weighted by Gasteiger charge is 2.29. The van der Waals surface area contributed by atoms with Crippen LogP contribution in [-0.2, 0) is 9.53 Å². The molecule has 1 aromatic carbocycles. The topological polar surface area (TPSA) is 72.6 Å². The minimum Gasteiger partial charge on any atom is -0.460 e. The van der Waals surface area contributed by atoms with Crippen LogP contribution in [0.25, 0.3) is 22.4 Å². The van der Waals surface area contributed by atoms with E-state index in [1.807, 2.05) is 62.1 Å². The van der Waals surface area contributed by atoms with Crippen LogP contribution >= 0.6 is 0 Å². The third-order valence-electron chi connectivity index (χ3n) is 5.74. The molecule has 4 rings (SSSR count). The molecule has 1 aliphatic rings. The van der Waals surface area contributed by atoms with Gasteiger partial charge < -0.3 is 14.1 Å². The average molecular weight is 406 g/mol. The van der Waals surface area contributed by atoms with Crippen LogP contribution in [0.4, 0.5) is 0 Å². The zero-order valence-electron chi connectivity index (χ0n) is 17.6. The van der Waals surface area contributed by atoms with Gasteiger partial charge in [-0.3, -0.25) is 4.79 Å². The van der Waals surface area contributed by atoms with Gasteiger partial charge in [-0.05, 0) is 64.3 Å². The second kappa shape index (κ2) is 8.30. The summed E-state index contributed by atoms with van der Waals surface area (Å²) in [4.78, 5) is 32.1. The summed E-state index contributed by atoms with van der Waals surface area (Å²) >= 11 is 0. The zero-order chi connectivity index (χ0) is 21.3. The first-order valence-electron chi connectivity index (χ1n) is 10.4. The first-order valence-corrected chi connectivity index (χ1v) is 10.4. The summed E-state index contributed by atoms with van der Waals surface area (Å²) in [5.74, 6) is 0.658. The number of hydrogen-bond donors (Lipinski definition) is 0. The van der Waals surface area contributed by atoms with Gasteiger partial charge in [-0.15, -0.1) is 0 Å². The van der Waals surface area contributed by atoms with Crippen LogP contribution in [-0.4, -0.2) is 40.5 Å². The first kappa shape index (κ1) is 20.1. The molecule has 3 aromatic rings. The summed E-state index contributed by atoms with van der Waals surface area (Å²) in [5.41, 5.74) is 1.59. The molecule has 156 valence electrons. The van der Waals surface area contributed by atoms with Gasteiger partial charge in [-0.1, -0.05) is 18.2 Å². The number of esters is 1. The Balaban J connectivity index is 1.59. The van der Waals surface area contributed by atoms with E-state index >= 15 is 0 Å². The molecule has 0 spiro atoms. The average Bonchev–Trinajstić information content (AvgIpc) is 3.17. The van der Waals surface area contributed by atoms with Crippen molar-refractivity contribution in [2.24, 2.45) is 0 Å². The van der Waals surface area contributed by atoms with Crippen molar-refractivity contribution in [3.05, 3.63) is 53.8 Å². The van der Waals surface area contributed by atoms with Crippen molar-refractivity contribution >= 4 is 22.8 Å². The molecular formula is C24H26N2O4. The maximum atomic E-state index is 12.9. The fourth-order valence-corrected chi connectivity index (χ4v) is 4.24. The number of furan rings is 1. The van der Waals surface area contributed by atoms with Crippen LogP contribution in [0.15, 0.2) is 46.9 Å². The largest absolute Gasteiger partial charge is 0.460 e. The van der Waals surface area contributed by atoms with Gasteiger partial charge in [0.15, 0.2) is 12.4 Å². The van der Waals surface area contributed by atoms with Gasteiger partial charge in [0.25, 0.3) is 5.91 Å². The highest BCUT2D eigenvalue weighted by Crippen LogP contribution is 2.27. The normalized spacial score (nSPS) is 19.1. The molecule has 0 radical (unpaired) electrons. The summed E-state index contributed by atoms with van der Waals surface area (Å²) in [6.07, 6.45) is 3.07. The lowest BCUT2D eigenvalue weighted by molar-refractivity contribution is -0.140. The number of fused-ring (bicyclic) bond motifs is 1. The van der Waals surface area contributed by atoms with E-state index in [2.05, 4.69) is 4.98 Å². The van der Waals surface area contributed by atoms with Crippen molar-refractivity contribution in [3.8, 4) is 11.5 Å². The summed E-state index contributed by atoms with van der Waals surface area (Å²) in [6.45, 7) is 5.68. The fourth-order valence-electron chi connectivity index (χ4n) is 4.24. The molecule has 0 aliphatic carbocycles. The molecule has 1 fully saturated rings. The number of ether oxygens (including phenoxy) is 1. The number of nitrogens with zero attached hydrogens (tertiary/aromatic N) is 2. The number of rotatable bonds is 4. The molecule has 6 heteroatoms. The zero-order valence-corrected chi connectivity index (χ0v) is 17.6. The SMILES string of the molecule is Cc1ccc(-c2cc(C(=O)OCC(=O)N3C(C)CCCC3C)c3ccccc3n2)o1. The third kappa shape index (κ3) is 3.95. The van der Waals surface area contributed by atoms with Crippen LogP contribution in [0.5, 0.6) is 0 Å². The van der Waals surface area contributed by atoms with Gasteiger partial charge in [0, 0.05) is 17.5 Å². The molecule has 3 heterocycles. The number of pyridine rings is 1. The van der Waals surface area contributed by atoms with Crippen molar-refractivity contribution in [1.82, 2.24) is 9.88 Å². The molecule has 6 nitrogen and oxygen atoms in total. The van der Waals surface area contributed by atoms with Crippen LogP contribution in [0.3, 0.4) is 0 Å². The van der Waals surface area contributed by atoms with E-state index in [-0.39, 0.29) is 24.6 Å². The Labute approximate surface area is 175 Å². The van der Waals surface area contributed by atoms with Crippen molar-refractivity contribution in [2.75, 3.05) is 6.61 Å². The first-order chi connectivity index (χ1) is 14.4. The summed E-state index contributed by atoms with van der Waals surface area (Å²) < 4.78 is 11.1. The van der Waals surface area contributed by atoms with Gasteiger partial charge in [0.1, 0.15) is 11.5 Å². The number of likely N-dealkylation sites (tertiary alicyclic amines) is 1. The minimum atomic E-state index is -0.538. The van der Waals surface area contributed by atoms with Crippen LogP contribution < -0.4 is 0 Å². The number of aryl methyl sites for hydroxylation is 1. The van der Waals surface area contributed by atoms with Crippen molar-refractivity contribution in [1.29, 1.82) is 0 Å². The monoisotopic (exact) mass is 406 g/mol. The van der Waals surface area contributed by atoms with Gasteiger partial charge in [0.2, 0.25) is 0 Å². The van der Waals surface area contributed by atoms with Crippen LogP contribution in [0.2, 0.25) is 0 Å². The molecule has 2 aromatic heterocycles. The number of hydrogen-bond acceptors (Lipinski definition) is 5. The van der Waals surface area contributed by atoms with E-state index in [1.54, 1.807) is 6.07 Å². The van der Waals surface area contributed by atoms with Gasteiger partial charge in [-0.2, -0.15) is 0 Å². The number of para-hydroxylation sites is 1. The van der Waals surface area contributed by atoms with E-state index in [1.165, 1.54) is 0 Å². The minimum absolute atomic E-state index is 0.150. The molecule has 1 aliphatic heterocycles. The molecule has 1 saturated heterocycles. The number of carbonyl (C=O) groups is 2. The second-order valence-electron chi connectivity index (χ2n) is 7.99. The summed E-state index contributed by atoms with van der Waals surface area (Å²) in [7, 11) is 0. The lowest BCUT2D eigenvalue weighted by atomic mass is 9.97. The Morgan fingerprint density at radius 3 is 2.57 bits per heavy atom. The van der Waals surface area contributed by atoms with E-state index in [9.17, 15) is 9.59 Å². The summed E-state index contributed by atoms with van der Waals surface area (Å²) in [5, 5.41) is 0.682. The second-order valence-corrected chi connectivity index (χ2v) is 7.99. The number of amides is 1. The molecule has 2 atom stereocenters. The smallest absolute Gasteiger partial charge is 0.339 e. The highest BCUT2D eigenvalue weighted by atomic mass is 16.5. The van der Waals surface area contributed by atoms with Crippen molar-refractivity contribution < 1.29 is 18.7 Å². The van der Waals surface area contributed by atoms with Gasteiger partial charge in [0.05, 0.1) is 11.1 Å². The molecule has 0 bridgehead atoms. The molecule has 30 heavy (non-hydrogen) atoms. The predicted octanol–water partition coefficient (Wildman–Crippen LogP) is 4.75. The molecule has 0 N–H and O–H groups in total. The Hall–Kier alpha value is -3.15. The van der Waals surface area contributed by atoms with Gasteiger partial charge >= 0.3 is 5.97 Å². The van der Waals surface area contributed by atoms with Crippen LogP contribution in [0.1, 0.15) is 49.2 Å². The Kier molecular flexibility index (Phi) is 5.57. The Morgan fingerprint density at radius 1 is 1.13 bits per heavy atom. The highest BCUT2D eigenvalue weighted by molar-refractivity contribution is 6.05. The molecule has 1 amide bonds. The van der Waals surface area contributed by atoms with Gasteiger partial charge in [-0.25, -0.2) is 9.78 Å². The van der Waals surface area contributed by atoms with Crippen LogP contribution in [0, 0.1) is 6.92 Å².